The molecule has 2 aliphatic rings. The van der Waals surface area contributed by atoms with Crippen molar-refractivity contribution in [3.05, 3.63) is 167 Å². The van der Waals surface area contributed by atoms with Gasteiger partial charge in [-0.3, -0.25) is 0 Å². The maximum atomic E-state index is 6.64. The summed E-state index contributed by atoms with van der Waals surface area (Å²) in [5, 5.41) is 3.96. The van der Waals surface area contributed by atoms with E-state index in [1.54, 1.807) is 0 Å². The van der Waals surface area contributed by atoms with Crippen LogP contribution in [0, 0.1) is 5.92 Å². The lowest BCUT2D eigenvalue weighted by molar-refractivity contribution is 0.660. The van der Waals surface area contributed by atoms with E-state index >= 15 is 0 Å². The molecule has 2 heteroatoms. The number of nitrogens with one attached hydrogen (secondary N) is 1. The van der Waals surface area contributed by atoms with Crippen LogP contribution in [0.15, 0.2) is 133 Å². The molecule has 0 radical (unpaired) electrons. The van der Waals surface area contributed by atoms with Crippen LogP contribution in [0.4, 0.5) is 11.4 Å². The van der Waals surface area contributed by atoms with Gasteiger partial charge < -0.3 is 11.1 Å². The zero-order chi connectivity index (χ0) is 30.3. The summed E-state index contributed by atoms with van der Waals surface area (Å²) in [6.45, 7) is 7.05. The molecule has 218 valence electrons. The van der Waals surface area contributed by atoms with Crippen LogP contribution in [0.3, 0.4) is 0 Å². The molecule has 2 nitrogen and oxygen atoms in total. The van der Waals surface area contributed by atoms with Crippen molar-refractivity contribution in [3.8, 4) is 11.1 Å². The molecule has 0 aromatic heterocycles. The van der Waals surface area contributed by atoms with Gasteiger partial charge in [0.25, 0.3) is 0 Å². The van der Waals surface area contributed by atoms with Gasteiger partial charge >= 0.3 is 0 Å². The number of hydrogen-bond donors (Lipinski definition) is 2. The summed E-state index contributed by atoms with van der Waals surface area (Å²) in [7, 11) is 0. The van der Waals surface area contributed by atoms with Crippen molar-refractivity contribution in [1.82, 2.24) is 0 Å². The lowest BCUT2D eigenvalue weighted by atomic mass is 9.79. The maximum Gasteiger partial charge on any atom is 0.0543 e. The number of anilines is 2. The van der Waals surface area contributed by atoms with E-state index in [4.69, 9.17) is 5.73 Å². The van der Waals surface area contributed by atoms with E-state index in [-0.39, 0.29) is 11.5 Å². The average Bonchev–Trinajstić information content (AvgIpc) is 3.29. The minimum Gasteiger partial charge on any atom is -0.355 e. The summed E-state index contributed by atoms with van der Waals surface area (Å²) >= 11 is 0. The van der Waals surface area contributed by atoms with Crippen LogP contribution in [0.2, 0.25) is 0 Å². The van der Waals surface area contributed by atoms with Crippen molar-refractivity contribution in [1.29, 1.82) is 0 Å². The zero-order valence-electron chi connectivity index (χ0n) is 25.8. The predicted octanol–water partition coefficient (Wildman–Crippen LogP) is 10.5. The average molecular weight is 573 g/mol. The van der Waals surface area contributed by atoms with Crippen LogP contribution in [-0.4, -0.2) is 0 Å². The topological polar surface area (TPSA) is 38.0 Å². The third-order valence-electron chi connectivity index (χ3n) is 9.60. The maximum absolute atomic E-state index is 6.64. The molecule has 1 unspecified atom stereocenters. The van der Waals surface area contributed by atoms with Gasteiger partial charge in [0.1, 0.15) is 0 Å². The Hall–Kier alpha value is -4.66. The number of hydrogen-bond acceptors (Lipinski definition) is 2. The van der Waals surface area contributed by atoms with Crippen LogP contribution in [-0.2, 0) is 11.8 Å². The van der Waals surface area contributed by atoms with E-state index in [0.717, 1.165) is 24.1 Å². The Morgan fingerprint density at radius 1 is 0.750 bits per heavy atom. The monoisotopic (exact) mass is 572 g/mol. The van der Waals surface area contributed by atoms with Gasteiger partial charge in [-0.2, -0.15) is 0 Å². The molecule has 0 fully saturated rings. The van der Waals surface area contributed by atoms with Gasteiger partial charge in [0.15, 0.2) is 0 Å². The molecule has 2 aliphatic carbocycles. The Labute approximate surface area is 262 Å². The van der Waals surface area contributed by atoms with Crippen molar-refractivity contribution in [2.45, 2.75) is 45.1 Å². The Morgan fingerprint density at radius 2 is 1.48 bits per heavy atom. The standard InChI is InChI=1S/C42H40N2/c1-28-25-32(21-22-34(28)30-14-6-4-7-15-30)35-23-24-38-40(36-19-10-11-20-37(36)42(38,2)3)41(35)44-33-18-12-13-29(26-33)27-39(43)31-16-8-5-9-17-31/h4-24,26,28,39,44H,25,27,43H2,1-3H3/t28?,39-/m1/s1. The van der Waals surface area contributed by atoms with E-state index < -0.39 is 0 Å². The van der Waals surface area contributed by atoms with Gasteiger partial charge in [-0.25, -0.2) is 0 Å². The number of nitrogens with two attached hydrogens (primary N) is 1. The molecule has 5 aromatic rings. The molecule has 44 heavy (non-hydrogen) atoms. The van der Waals surface area contributed by atoms with Gasteiger partial charge in [0, 0.05) is 28.3 Å². The van der Waals surface area contributed by atoms with Gasteiger partial charge in [-0.05, 0) is 75.4 Å². The van der Waals surface area contributed by atoms with Crippen LogP contribution in [0.1, 0.15) is 66.6 Å². The number of allylic oxidation sites excluding steroid dienone is 4. The van der Waals surface area contributed by atoms with Crippen molar-refractivity contribution < 1.29 is 0 Å². The molecule has 0 aliphatic heterocycles. The SMILES string of the molecule is CC1CC(c2ccc3c(c2Nc2cccc(C[C@@H](N)c4ccccc4)c2)-c2ccccc2C3(C)C)=CC=C1c1ccccc1. The van der Waals surface area contributed by atoms with E-state index in [1.165, 1.54) is 55.8 Å². The first kappa shape index (κ1) is 28.1. The summed E-state index contributed by atoms with van der Waals surface area (Å²) in [6, 6.07) is 43.5. The quantitative estimate of drug-likeness (QED) is 0.204. The second-order valence-electron chi connectivity index (χ2n) is 12.9. The van der Waals surface area contributed by atoms with Crippen LogP contribution in [0.5, 0.6) is 0 Å². The molecule has 2 atom stereocenters. The summed E-state index contributed by atoms with van der Waals surface area (Å²) in [5.41, 5.74) is 22.0. The van der Waals surface area contributed by atoms with Crippen LogP contribution in [0.25, 0.3) is 22.3 Å². The van der Waals surface area contributed by atoms with Crippen molar-refractivity contribution in [2.75, 3.05) is 5.32 Å². The van der Waals surface area contributed by atoms with Crippen molar-refractivity contribution >= 4 is 22.5 Å². The molecule has 0 bridgehead atoms. The molecule has 0 saturated heterocycles. The van der Waals surface area contributed by atoms with E-state index in [9.17, 15) is 0 Å². The number of benzene rings is 5. The number of rotatable bonds is 7. The number of fused-ring (bicyclic) bond motifs is 3. The van der Waals surface area contributed by atoms with Gasteiger partial charge in [-0.1, -0.05) is 142 Å². The normalized spacial score (nSPS) is 17.2. The van der Waals surface area contributed by atoms with E-state index in [2.05, 4.69) is 154 Å². The van der Waals surface area contributed by atoms with E-state index in [1.807, 2.05) is 6.07 Å². The Morgan fingerprint density at radius 3 is 2.25 bits per heavy atom. The van der Waals surface area contributed by atoms with Gasteiger partial charge in [0.2, 0.25) is 0 Å². The lowest BCUT2D eigenvalue weighted by Crippen LogP contribution is -2.15. The van der Waals surface area contributed by atoms with Crippen LogP contribution >= 0.6 is 0 Å². The third kappa shape index (κ3) is 5.10. The summed E-state index contributed by atoms with van der Waals surface area (Å²) < 4.78 is 0. The fourth-order valence-corrected chi connectivity index (χ4v) is 7.26. The fourth-order valence-electron chi connectivity index (χ4n) is 7.26. The van der Waals surface area contributed by atoms with Gasteiger partial charge in [-0.15, -0.1) is 0 Å². The fraction of sp³-hybridized carbons (Fsp3) is 0.190. The zero-order valence-corrected chi connectivity index (χ0v) is 25.8. The minimum absolute atomic E-state index is 0.0462. The van der Waals surface area contributed by atoms with Gasteiger partial charge in [0.05, 0.1) is 5.69 Å². The smallest absolute Gasteiger partial charge is 0.0543 e. The Balaban J connectivity index is 1.32. The molecule has 0 saturated carbocycles. The minimum atomic E-state index is -0.0696. The lowest BCUT2D eigenvalue weighted by Gasteiger charge is -2.27. The highest BCUT2D eigenvalue weighted by atomic mass is 14.9. The third-order valence-corrected chi connectivity index (χ3v) is 9.60. The second kappa shape index (κ2) is 11.4. The molecule has 0 heterocycles. The second-order valence-corrected chi connectivity index (χ2v) is 12.9. The predicted molar refractivity (Wildman–Crippen MR) is 187 cm³/mol. The highest BCUT2D eigenvalue weighted by molar-refractivity contribution is 5.98. The summed E-state index contributed by atoms with van der Waals surface area (Å²) in [5.74, 6) is 0.421. The Bertz CT molecular complexity index is 1880. The molecular weight excluding hydrogens is 532 g/mol. The van der Waals surface area contributed by atoms with Crippen molar-refractivity contribution in [3.63, 3.8) is 0 Å². The van der Waals surface area contributed by atoms with Crippen LogP contribution < -0.4 is 11.1 Å². The largest absolute Gasteiger partial charge is 0.355 e. The van der Waals surface area contributed by atoms with Crippen molar-refractivity contribution in [2.24, 2.45) is 11.7 Å². The first-order valence-electron chi connectivity index (χ1n) is 15.8. The molecule has 5 aromatic carbocycles. The summed E-state index contributed by atoms with van der Waals surface area (Å²) in [6.07, 6.45) is 6.45. The Kier molecular flexibility index (Phi) is 7.32. The highest BCUT2D eigenvalue weighted by Gasteiger charge is 2.37. The first-order valence-corrected chi connectivity index (χ1v) is 15.8. The molecule has 7 rings (SSSR count). The molecule has 0 amide bonds. The highest BCUT2D eigenvalue weighted by Crippen LogP contribution is 2.54. The molecule has 0 spiro atoms. The summed E-state index contributed by atoms with van der Waals surface area (Å²) in [4.78, 5) is 0. The first-order chi connectivity index (χ1) is 21.4. The van der Waals surface area contributed by atoms with E-state index in [0.29, 0.717) is 5.92 Å². The molecular formula is C42H40N2. The molecule has 3 N–H and O–H groups in total.